The van der Waals surface area contributed by atoms with Crippen LogP contribution in [0.2, 0.25) is 0 Å². The Kier molecular flexibility index (Phi) is 5.47. The van der Waals surface area contributed by atoms with Crippen LogP contribution in [0.5, 0.6) is 0 Å². The molecule has 0 amide bonds. The Morgan fingerprint density at radius 3 is 2.18 bits per heavy atom. The van der Waals surface area contributed by atoms with Gasteiger partial charge < -0.3 is 4.74 Å². The van der Waals surface area contributed by atoms with E-state index in [9.17, 15) is 18.0 Å². The summed E-state index contributed by atoms with van der Waals surface area (Å²) >= 11 is 3.26. The standard InChI is InChI=1S/C11H10BrF3O2/c12-6-8-3-1-7(2-4-8)5-9(16)17-11(15)10(13)14/h1-4,10-11H,5-6H2. The van der Waals surface area contributed by atoms with E-state index in [0.717, 1.165) is 5.56 Å². The average molecular weight is 311 g/mol. The second-order valence-corrected chi connectivity index (χ2v) is 3.86. The van der Waals surface area contributed by atoms with Crippen LogP contribution in [0, 0.1) is 0 Å². The Hall–Kier alpha value is -1.04. The maximum atomic E-state index is 12.4. The number of hydrogen-bond acceptors (Lipinski definition) is 2. The summed E-state index contributed by atoms with van der Waals surface area (Å²) in [6.07, 6.45) is -6.39. The molecule has 1 atom stereocenters. The molecule has 0 aliphatic carbocycles. The van der Waals surface area contributed by atoms with Gasteiger partial charge in [0.1, 0.15) is 0 Å². The zero-order chi connectivity index (χ0) is 12.8. The molecule has 0 fully saturated rings. The first kappa shape index (κ1) is 14.0. The van der Waals surface area contributed by atoms with Gasteiger partial charge in [0, 0.05) is 5.33 Å². The lowest BCUT2D eigenvalue weighted by Crippen LogP contribution is -2.21. The number of carbonyl (C=O) groups is 1. The van der Waals surface area contributed by atoms with Crippen molar-refractivity contribution < 1.29 is 22.7 Å². The van der Waals surface area contributed by atoms with Crippen LogP contribution in [0.25, 0.3) is 0 Å². The van der Waals surface area contributed by atoms with E-state index in [-0.39, 0.29) is 6.42 Å². The Morgan fingerprint density at radius 2 is 1.71 bits per heavy atom. The summed E-state index contributed by atoms with van der Waals surface area (Å²) in [6, 6.07) is 6.87. The maximum absolute atomic E-state index is 12.4. The first-order chi connectivity index (χ1) is 8.02. The molecule has 94 valence electrons. The van der Waals surface area contributed by atoms with Crippen molar-refractivity contribution in [1.29, 1.82) is 0 Å². The molecule has 0 aliphatic rings. The van der Waals surface area contributed by atoms with Gasteiger partial charge in [-0.05, 0) is 11.1 Å². The molecule has 1 aromatic rings. The maximum Gasteiger partial charge on any atom is 0.312 e. The third kappa shape index (κ3) is 4.77. The molecule has 0 spiro atoms. The monoisotopic (exact) mass is 310 g/mol. The lowest BCUT2D eigenvalue weighted by Gasteiger charge is -2.08. The lowest BCUT2D eigenvalue weighted by atomic mass is 10.1. The lowest BCUT2D eigenvalue weighted by molar-refractivity contribution is -0.173. The van der Waals surface area contributed by atoms with E-state index < -0.39 is 18.8 Å². The van der Waals surface area contributed by atoms with E-state index in [2.05, 4.69) is 20.7 Å². The summed E-state index contributed by atoms with van der Waals surface area (Å²) in [5, 5.41) is 0.676. The fraction of sp³-hybridized carbons (Fsp3) is 0.364. The number of carbonyl (C=O) groups excluding carboxylic acids is 1. The largest absolute Gasteiger partial charge is 0.424 e. The highest BCUT2D eigenvalue weighted by Crippen LogP contribution is 2.11. The van der Waals surface area contributed by atoms with Crippen LogP contribution in [0.1, 0.15) is 11.1 Å². The van der Waals surface area contributed by atoms with E-state index in [1.54, 1.807) is 24.3 Å². The third-order valence-electron chi connectivity index (χ3n) is 1.97. The van der Waals surface area contributed by atoms with Crippen molar-refractivity contribution in [2.24, 2.45) is 0 Å². The molecule has 0 heterocycles. The number of halogens is 4. The molecule has 0 N–H and O–H groups in total. The first-order valence-corrected chi connectivity index (χ1v) is 5.90. The van der Waals surface area contributed by atoms with Gasteiger partial charge in [0.2, 0.25) is 0 Å². The number of rotatable bonds is 5. The topological polar surface area (TPSA) is 26.3 Å². The minimum Gasteiger partial charge on any atom is -0.424 e. The van der Waals surface area contributed by atoms with Crippen molar-refractivity contribution in [2.45, 2.75) is 24.5 Å². The van der Waals surface area contributed by atoms with E-state index in [1.165, 1.54) is 0 Å². The van der Waals surface area contributed by atoms with Gasteiger partial charge in [-0.15, -0.1) is 0 Å². The first-order valence-electron chi connectivity index (χ1n) is 4.78. The quantitative estimate of drug-likeness (QED) is 0.616. The number of hydrogen-bond donors (Lipinski definition) is 0. The normalized spacial score (nSPS) is 12.5. The Morgan fingerprint density at radius 1 is 1.18 bits per heavy atom. The summed E-state index contributed by atoms with van der Waals surface area (Å²) in [5.74, 6) is -1.01. The van der Waals surface area contributed by atoms with Gasteiger partial charge in [-0.1, -0.05) is 40.2 Å². The molecular weight excluding hydrogens is 301 g/mol. The van der Waals surface area contributed by atoms with E-state index in [0.29, 0.717) is 10.9 Å². The fourth-order valence-corrected chi connectivity index (χ4v) is 1.51. The van der Waals surface area contributed by atoms with Crippen LogP contribution < -0.4 is 0 Å². The van der Waals surface area contributed by atoms with E-state index >= 15 is 0 Å². The highest BCUT2D eigenvalue weighted by Gasteiger charge is 2.23. The van der Waals surface area contributed by atoms with Crippen molar-refractivity contribution in [2.75, 3.05) is 0 Å². The molecule has 0 bridgehead atoms. The number of benzene rings is 1. The SMILES string of the molecule is O=C(Cc1ccc(CBr)cc1)OC(F)C(F)F. The predicted octanol–water partition coefficient (Wildman–Crippen LogP) is 3.23. The molecule has 1 rings (SSSR count). The van der Waals surface area contributed by atoms with Gasteiger partial charge in [-0.3, -0.25) is 4.79 Å². The summed E-state index contributed by atoms with van der Waals surface area (Å²) in [5.41, 5.74) is 1.60. The smallest absolute Gasteiger partial charge is 0.312 e. The van der Waals surface area contributed by atoms with Crippen LogP contribution in [-0.4, -0.2) is 18.8 Å². The van der Waals surface area contributed by atoms with Gasteiger partial charge in [-0.2, -0.15) is 4.39 Å². The number of esters is 1. The van der Waals surface area contributed by atoms with Gasteiger partial charge in [-0.25, -0.2) is 8.78 Å². The van der Waals surface area contributed by atoms with Crippen LogP contribution in [0.3, 0.4) is 0 Å². The summed E-state index contributed by atoms with van der Waals surface area (Å²) in [7, 11) is 0. The van der Waals surface area contributed by atoms with Crippen molar-refractivity contribution in [3.05, 3.63) is 35.4 Å². The van der Waals surface area contributed by atoms with Crippen LogP contribution in [-0.2, 0) is 21.3 Å². The van der Waals surface area contributed by atoms with Crippen LogP contribution in [0.15, 0.2) is 24.3 Å². The predicted molar refractivity (Wildman–Crippen MR) is 59.8 cm³/mol. The number of alkyl halides is 4. The third-order valence-corrected chi connectivity index (χ3v) is 2.62. The Bertz CT molecular complexity index is 367. The van der Waals surface area contributed by atoms with Crippen molar-refractivity contribution in [3.8, 4) is 0 Å². The zero-order valence-corrected chi connectivity index (χ0v) is 10.3. The summed E-state index contributed by atoms with van der Waals surface area (Å²) < 4.78 is 39.8. The molecule has 0 saturated carbocycles. The van der Waals surface area contributed by atoms with Crippen molar-refractivity contribution in [1.82, 2.24) is 0 Å². The van der Waals surface area contributed by atoms with Gasteiger partial charge in [0.15, 0.2) is 0 Å². The molecule has 0 aliphatic heterocycles. The Labute approximate surface area is 105 Å². The van der Waals surface area contributed by atoms with Gasteiger partial charge in [0.05, 0.1) is 6.42 Å². The molecule has 0 aromatic heterocycles. The second kappa shape index (κ2) is 6.64. The fourth-order valence-electron chi connectivity index (χ4n) is 1.13. The van der Waals surface area contributed by atoms with Crippen molar-refractivity contribution >= 4 is 21.9 Å². The van der Waals surface area contributed by atoms with Crippen molar-refractivity contribution in [3.63, 3.8) is 0 Å². The molecule has 0 radical (unpaired) electrons. The Balaban J connectivity index is 2.50. The van der Waals surface area contributed by atoms with E-state index in [1.807, 2.05) is 0 Å². The highest BCUT2D eigenvalue weighted by atomic mass is 79.9. The number of ether oxygens (including phenoxy) is 1. The minimum absolute atomic E-state index is 0.226. The second-order valence-electron chi connectivity index (χ2n) is 3.30. The summed E-state index contributed by atoms with van der Waals surface area (Å²) in [4.78, 5) is 11.1. The molecular formula is C11H10BrF3O2. The molecule has 17 heavy (non-hydrogen) atoms. The van der Waals surface area contributed by atoms with E-state index in [4.69, 9.17) is 0 Å². The molecule has 2 nitrogen and oxygen atoms in total. The van der Waals surface area contributed by atoms with Crippen LogP contribution >= 0.6 is 15.9 Å². The summed E-state index contributed by atoms with van der Waals surface area (Å²) in [6.45, 7) is 0. The molecule has 6 heteroatoms. The minimum atomic E-state index is -3.31. The van der Waals surface area contributed by atoms with Gasteiger partial charge in [0.25, 0.3) is 0 Å². The molecule has 0 saturated heterocycles. The average Bonchev–Trinajstić information content (AvgIpc) is 2.29. The van der Waals surface area contributed by atoms with Crippen LogP contribution in [0.4, 0.5) is 13.2 Å². The molecule has 1 unspecified atom stereocenters. The van der Waals surface area contributed by atoms with Gasteiger partial charge >= 0.3 is 18.8 Å². The zero-order valence-electron chi connectivity index (χ0n) is 8.71. The highest BCUT2D eigenvalue weighted by molar-refractivity contribution is 9.08. The molecule has 1 aromatic carbocycles.